The Labute approximate surface area is 68.1 Å². The molecule has 0 heterocycles. The highest BCUT2D eigenvalue weighted by Crippen LogP contribution is 2.19. The van der Waals surface area contributed by atoms with Crippen LogP contribution in [0.2, 0.25) is 0 Å². The highest BCUT2D eigenvalue weighted by molar-refractivity contribution is 5.88. The summed E-state index contributed by atoms with van der Waals surface area (Å²) in [5, 5.41) is 17.4. The summed E-state index contributed by atoms with van der Waals surface area (Å²) in [7, 11) is 0. The van der Waals surface area contributed by atoms with Crippen LogP contribution in [0, 0.1) is 12.7 Å². The van der Waals surface area contributed by atoms with E-state index >= 15 is 0 Å². The van der Waals surface area contributed by atoms with Gasteiger partial charge in [-0.15, -0.1) is 0 Å². The monoisotopic (exact) mass is 170 g/mol. The van der Waals surface area contributed by atoms with Crippen LogP contribution >= 0.6 is 0 Å². The maximum Gasteiger partial charge on any atom is 0.338 e. The molecule has 0 aliphatic heterocycles. The topological polar surface area (TPSA) is 57.5 Å². The Morgan fingerprint density at radius 2 is 2.08 bits per heavy atom. The minimum atomic E-state index is -1.38. The van der Waals surface area contributed by atoms with E-state index in [1.54, 1.807) is 0 Å². The summed E-state index contributed by atoms with van der Waals surface area (Å²) in [4.78, 5) is 10.4. The molecule has 0 aliphatic carbocycles. The molecule has 0 bridgehead atoms. The zero-order chi connectivity index (χ0) is 9.30. The summed E-state index contributed by atoms with van der Waals surface area (Å²) in [6.07, 6.45) is 0. The average Bonchev–Trinajstić information content (AvgIpc) is 1.96. The first-order valence-electron chi connectivity index (χ1n) is 3.25. The van der Waals surface area contributed by atoms with Crippen LogP contribution in [0.3, 0.4) is 0 Å². The first-order valence-corrected chi connectivity index (χ1v) is 3.25. The molecule has 12 heavy (non-hydrogen) atoms. The molecule has 0 saturated heterocycles. The van der Waals surface area contributed by atoms with E-state index < -0.39 is 17.3 Å². The van der Waals surface area contributed by atoms with Crippen molar-refractivity contribution in [2.24, 2.45) is 0 Å². The predicted molar refractivity (Wildman–Crippen MR) is 39.8 cm³/mol. The fourth-order valence-electron chi connectivity index (χ4n) is 0.906. The van der Waals surface area contributed by atoms with Crippen molar-refractivity contribution in [1.82, 2.24) is 0 Å². The Hall–Kier alpha value is -1.58. The van der Waals surface area contributed by atoms with Crippen LogP contribution in [0.5, 0.6) is 5.75 Å². The number of phenolic OH excluding ortho intramolecular Hbond substituents is 1. The van der Waals surface area contributed by atoms with Gasteiger partial charge in [-0.1, -0.05) is 0 Å². The van der Waals surface area contributed by atoms with Gasteiger partial charge in [-0.05, 0) is 24.6 Å². The van der Waals surface area contributed by atoms with Gasteiger partial charge in [-0.25, -0.2) is 9.18 Å². The second-order valence-corrected chi connectivity index (χ2v) is 2.43. The second-order valence-electron chi connectivity index (χ2n) is 2.43. The molecule has 0 atom stereocenters. The quantitative estimate of drug-likeness (QED) is 0.672. The molecule has 1 rings (SSSR count). The summed E-state index contributed by atoms with van der Waals surface area (Å²) in [5.74, 6) is -2.43. The van der Waals surface area contributed by atoms with E-state index in [0.717, 1.165) is 6.07 Å². The van der Waals surface area contributed by atoms with Gasteiger partial charge in [-0.2, -0.15) is 0 Å². The molecular formula is C8H7FO3. The lowest BCUT2D eigenvalue weighted by atomic mass is 10.1. The number of halogens is 1. The molecular weight excluding hydrogens is 163 g/mol. The maximum absolute atomic E-state index is 12.9. The fraction of sp³-hybridized carbons (Fsp3) is 0.125. The summed E-state index contributed by atoms with van der Waals surface area (Å²) in [5.41, 5.74) is -0.389. The number of benzene rings is 1. The molecule has 0 fully saturated rings. The molecule has 2 N–H and O–H groups in total. The predicted octanol–water partition coefficient (Wildman–Crippen LogP) is 1.54. The van der Waals surface area contributed by atoms with E-state index in [4.69, 9.17) is 10.2 Å². The van der Waals surface area contributed by atoms with Crippen molar-refractivity contribution < 1.29 is 19.4 Å². The average molecular weight is 170 g/mol. The van der Waals surface area contributed by atoms with Gasteiger partial charge in [0, 0.05) is 0 Å². The smallest absolute Gasteiger partial charge is 0.338 e. The lowest BCUT2D eigenvalue weighted by Gasteiger charge is -2.01. The minimum absolute atomic E-state index is 0.118. The molecule has 1 aromatic carbocycles. The lowest BCUT2D eigenvalue weighted by molar-refractivity contribution is 0.0691. The molecule has 1 aromatic rings. The number of hydrogen-bond acceptors (Lipinski definition) is 2. The molecule has 0 amide bonds. The highest BCUT2D eigenvalue weighted by Gasteiger charge is 2.13. The molecule has 0 aromatic heterocycles. The zero-order valence-electron chi connectivity index (χ0n) is 6.34. The lowest BCUT2D eigenvalue weighted by Crippen LogP contribution is -2.01. The summed E-state index contributed by atoms with van der Waals surface area (Å²) < 4.78 is 12.9. The van der Waals surface area contributed by atoms with Crippen molar-refractivity contribution in [1.29, 1.82) is 0 Å². The van der Waals surface area contributed by atoms with Crippen molar-refractivity contribution in [3.8, 4) is 5.75 Å². The van der Waals surface area contributed by atoms with Gasteiger partial charge in [0.15, 0.2) is 0 Å². The number of phenols is 1. The Morgan fingerprint density at radius 3 is 2.58 bits per heavy atom. The molecule has 0 saturated carbocycles. The van der Waals surface area contributed by atoms with Crippen molar-refractivity contribution in [3.63, 3.8) is 0 Å². The molecule has 0 aliphatic rings. The van der Waals surface area contributed by atoms with Crippen LogP contribution in [-0.2, 0) is 0 Å². The first kappa shape index (κ1) is 8.52. The number of carboxylic acids is 1. The summed E-state index contributed by atoms with van der Waals surface area (Å²) in [6, 6.07) is 2.05. The van der Waals surface area contributed by atoms with Gasteiger partial charge in [0.25, 0.3) is 0 Å². The van der Waals surface area contributed by atoms with Gasteiger partial charge < -0.3 is 10.2 Å². The second kappa shape index (κ2) is 2.81. The van der Waals surface area contributed by atoms with Gasteiger partial charge in [0.1, 0.15) is 11.6 Å². The molecule has 64 valence electrons. The van der Waals surface area contributed by atoms with Crippen molar-refractivity contribution in [3.05, 3.63) is 29.1 Å². The van der Waals surface area contributed by atoms with Crippen molar-refractivity contribution in [2.75, 3.05) is 0 Å². The highest BCUT2D eigenvalue weighted by atomic mass is 19.1. The Kier molecular flexibility index (Phi) is 1.99. The molecule has 0 spiro atoms. The van der Waals surface area contributed by atoms with Gasteiger partial charge in [-0.3, -0.25) is 0 Å². The third kappa shape index (κ3) is 1.37. The van der Waals surface area contributed by atoms with Crippen LogP contribution < -0.4 is 0 Å². The fourth-order valence-corrected chi connectivity index (χ4v) is 0.906. The maximum atomic E-state index is 12.9. The van der Waals surface area contributed by atoms with E-state index in [1.807, 2.05) is 0 Å². The zero-order valence-corrected chi connectivity index (χ0v) is 6.34. The third-order valence-electron chi connectivity index (χ3n) is 1.47. The van der Waals surface area contributed by atoms with Crippen LogP contribution in [0.4, 0.5) is 4.39 Å². The van der Waals surface area contributed by atoms with E-state index in [2.05, 4.69) is 0 Å². The van der Waals surface area contributed by atoms with Crippen LogP contribution in [0.1, 0.15) is 15.9 Å². The Morgan fingerprint density at radius 1 is 1.50 bits per heavy atom. The Bertz CT molecular complexity index is 333. The van der Waals surface area contributed by atoms with Crippen molar-refractivity contribution >= 4 is 5.97 Å². The van der Waals surface area contributed by atoms with Crippen LogP contribution in [0.15, 0.2) is 12.1 Å². The van der Waals surface area contributed by atoms with E-state index in [9.17, 15) is 9.18 Å². The number of carboxylic acid groups (broad SMARTS) is 1. The Balaban J connectivity index is 3.37. The number of aromatic carboxylic acids is 1. The number of rotatable bonds is 1. The minimum Gasteiger partial charge on any atom is -0.508 e. The van der Waals surface area contributed by atoms with Crippen LogP contribution in [0.25, 0.3) is 0 Å². The van der Waals surface area contributed by atoms with Crippen LogP contribution in [-0.4, -0.2) is 16.2 Å². The van der Waals surface area contributed by atoms with Crippen molar-refractivity contribution in [2.45, 2.75) is 6.92 Å². The molecule has 4 heteroatoms. The third-order valence-corrected chi connectivity index (χ3v) is 1.47. The number of hydrogen-bond donors (Lipinski definition) is 2. The number of aromatic hydroxyl groups is 1. The summed E-state index contributed by atoms with van der Waals surface area (Å²) >= 11 is 0. The summed E-state index contributed by atoms with van der Waals surface area (Å²) in [6.45, 7) is 1.39. The number of carbonyl (C=O) groups is 1. The SMILES string of the molecule is Cc1cc(O)cc(C(=O)O)c1F. The van der Waals surface area contributed by atoms with E-state index in [0.29, 0.717) is 0 Å². The largest absolute Gasteiger partial charge is 0.508 e. The van der Waals surface area contributed by atoms with Gasteiger partial charge >= 0.3 is 5.97 Å². The molecule has 3 nitrogen and oxygen atoms in total. The molecule has 0 radical (unpaired) electrons. The van der Waals surface area contributed by atoms with Gasteiger partial charge in [0.2, 0.25) is 0 Å². The standard InChI is InChI=1S/C8H7FO3/c1-4-2-5(10)3-6(7(4)9)8(11)12/h2-3,10H,1H3,(H,11,12). The van der Waals surface area contributed by atoms with Gasteiger partial charge in [0.05, 0.1) is 5.56 Å². The number of aryl methyl sites for hydroxylation is 1. The molecule has 0 unspecified atom stereocenters. The van der Waals surface area contributed by atoms with E-state index in [-0.39, 0.29) is 11.3 Å². The van der Waals surface area contributed by atoms with E-state index in [1.165, 1.54) is 13.0 Å². The normalized spacial score (nSPS) is 9.83. The first-order chi connectivity index (χ1) is 5.52.